The Balaban J connectivity index is 2.41. The van der Waals surface area contributed by atoms with Gasteiger partial charge >= 0.3 is 0 Å². The van der Waals surface area contributed by atoms with Gasteiger partial charge in [0.2, 0.25) is 0 Å². The summed E-state index contributed by atoms with van der Waals surface area (Å²) in [6.07, 6.45) is 1.29. The molecule has 20 heavy (non-hydrogen) atoms. The van der Waals surface area contributed by atoms with Gasteiger partial charge in [0.15, 0.2) is 0 Å². The molecule has 0 aliphatic rings. The third-order valence-corrected chi connectivity index (χ3v) is 4.72. The van der Waals surface area contributed by atoms with Gasteiger partial charge in [-0.2, -0.15) is 0 Å². The van der Waals surface area contributed by atoms with Crippen molar-refractivity contribution in [3.8, 4) is 0 Å². The van der Waals surface area contributed by atoms with Crippen LogP contribution in [-0.4, -0.2) is 13.4 Å². The fraction of sp³-hybridized carbons (Fsp3) is 0. The number of hydrogen-bond acceptors (Lipinski definition) is 4. The average Bonchev–Trinajstić information content (AvgIpc) is 2.36. The van der Waals surface area contributed by atoms with E-state index in [0.29, 0.717) is 0 Å². The summed E-state index contributed by atoms with van der Waals surface area (Å²) in [4.78, 5) is 3.69. The second-order valence-electron chi connectivity index (χ2n) is 3.77. The summed E-state index contributed by atoms with van der Waals surface area (Å²) < 4.78 is 26.7. The number of anilines is 2. The smallest absolute Gasteiger partial charge is 0.262 e. The molecule has 2 aromatic rings. The minimum Gasteiger partial charge on any atom is -0.384 e. The summed E-state index contributed by atoms with van der Waals surface area (Å²) in [5.41, 5.74) is 5.58. The van der Waals surface area contributed by atoms with Crippen LogP contribution in [0.3, 0.4) is 0 Å². The third-order valence-electron chi connectivity index (χ3n) is 2.32. The van der Waals surface area contributed by atoms with Gasteiger partial charge in [0.1, 0.15) is 5.82 Å². The van der Waals surface area contributed by atoms with Crippen molar-refractivity contribution in [1.29, 1.82) is 0 Å². The molecule has 3 N–H and O–H groups in total. The first kappa shape index (κ1) is 15.2. The van der Waals surface area contributed by atoms with E-state index in [0.717, 1.165) is 0 Å². The normalized spacial score (nSPS) is 11.3. The average molecular weight is 353 g/mol. The zero-order valence-corrected chi connectivity index (χ0v) is 12.9. The van der Waals surface area contributed by atoms with Crippen LogP contribution in [0.15, 0.2) is 35.4 Å². The van der Waals surface area contributed by atoms with Gasteiger partial charge in [0, 0.05) is 12.3 Å². The van der Waals surface area contributed by atoms with Gasteiger partial charge in [-0.25, -0.2) is 13.4 Å². The van der Waals surface area contributed by atoms with Crippen LogP contribution in [-0.2, 0) is 10.0 Å². The largest absolute Gasteiger partial charge is 0.384 e. The highest BCUT2D eigenvalue weighted by molar-refractivity contribution is 7.92. The molecule has 5 nitrogen and oxygen atoms in total. The molecule has 2 rings (SSSR count). The number of aromatic nitrogens is 1. The highest BCUT2D eigenvalue weighted by Crippen LogP contribution is 2.33. The third kappa shape index (κ3) is 3.27. The number of halogens is 3. The highest BCUT2D eigenvalue weighted by Gasteiger charge is 2.17. The Hall–Kier alpha value is -1.21. The standard InChI is InChI=1S/C11H8Cl3N3O2S/c12-7-4-9(14)10(5-8(7)13)17-20(18,19)6-1-2-16-11(15)3-6/h1-5,17H,(H2,15,16). The van der Waals surface area contributed by atoms with Crippen LogP contribution in [0.25, 0.3) is 0 Å². The van der Waals surface area contributed by atoms with Crippen LogP contribution in [0.2, 0.25) is 15.1 Å². The second-order valence-corrected chi connectivity index (χ2v) is 6.67. The van der Waals surface area contributed by atoms with Gasteiger partial charge in [-0.1, -0.05) is 34.8 Å². The Morgan fingerprint density at radius 3 is 2.35 bits per heavy atom. The van der Waals surface area contributed by atoms with Crippen molar-refractivity contribution in [3.63, 3.8) is 0 Å². The number of nitrogens with one attached hydrogen (secondary N) is 1. The first-order chi connectivity index (χ1) is 9.29. The number of hydrogen-bond donors (Lipinski definition) is 2. The molecule has 9 heteroatoms. The molecule has 106 valence electrons. The lowest BCUT2D eigenvalue weighted by molar-refractivity contribution is 0.601. The van der Waals surface area contributed by atoms with Crippen molar-refractivity contribution >= 4 is 56.3 Å². The minimum atomic E-state index is -3.84. The van der Waals surface area contributed by atoms with Crippen molar-refractivity contribution in [1.82, 2.24) is 4.98 Å². The molecule has 0 aliphatic heterocycles. The first-order valence-corrected chi connectivity index (χ1v) is 7.80. The van der Waals surface area contributed by atoms with Gasteiger partial charge in [-0.3, -0.25) is 4.72 Å². The molecule has 0 unspecified atom stereocenters. The van der Waals surface area contributed by atoms with E-state index in [9.17, 15) is 8.42 Å². The quantitative estimate of drug-likeness (QED) is 0.829. The summed E-state index contributed by atoms with van der Waals surface area (Å²) in [5.74, 6) is 0.0908. The molecule has 0 aliphatic carbocycles. The van der Waals surface area contributed by atoms with E-state index in [1.54, 1.807) is 0 Å². The van der Waals surface area contributed by atoms with Crippen LogP contribution < -0.4 is 10.5 Å². The van der Waals surface area contributed by atoms with Crippen LogP contribution >= 0.6 is 34.8 Å². The lowest BCUT2D eigenvalue weighted by Gasteiger charge is -2.11. The van der Waals surface area contributed by atoms with E-state index in [2.05, 4.69) is 9.71 Å². The Kier molecular flexibility index (Phi) is 4.29. The Morgan fingerprint density at radius 2 is 1.70 bits per heavy atom. The maximum atomic E-state index is 12.2. The van der Waals surface area contributed by atoms with Crippen molar-refractivity contribution in [2.45, 2.75) is 4.90 Å². The second kappa shape index (κ2) is 5.65. The van der Waals surface area contributed by atoms with E-state index >= 15 is 0 Å². The van der Waals surface area contributed by atoms with Crippen molar-refractivity contribution in [2.24, 2.45) is 0 Å². The van der Waals surface area contributed by atoms with E-state index in [-0.39, 0.29) is 31.5 Å². The Labute approximate surface area is 130 Å². The summed E-state index contributed by atoms with van der Waals surface area (Å²) in [6, 6.07) is 5.22. The van der Waals surface area contributed by atoms with E-state index in [1.165, 1.54) is 30.5 Å². The molecule has 0 saturated carbocycles. The molecule has 1 aromatic heterocycles. The van der Waals surface area contributed by atoms with Gasteiger partial charge in [0.05, 0.1) is 25.7 Å². The van der Waals surface area contributed by atoms with Crippen molar-refractivity contribution < 1.29 is 8.42 Å². The molecule has 0 saturated heterocycles. The molecule has 0 radical (unpaired) electrons. The Morgan fingerprint density at radius 1 is 1.05 bits per heavy atom. The van der Waals surface area contributed by atoms with E-state index in [4.69, 9.17) is 40.5 Å². The van der Waals surface area contributed by atoms with Crippen LogP contribution in [0.5, 0.6) is 0 Å². The maximum absolute atomic E-state index is 12.2. The lowest BCUT2D eigenvalue weighted by atomic mass is 10.3. The lowest BCUT2D eigenvalue weighted by Crippen LogP contribution is -2.13. The zero-order valence-electron chi connectivity index (χ0n) is 9.77. The predicted octanol–water partition coefficient (Wildman–Crippen LogP) is 3.42. The topological polar surface area (TPSA) is 85.1 Å². The molecule has 0 amide bonds. The minimum absolute atomic E-state index is 0.0351. The van der Waals surface area contributed by atoms with Crippen LogP contribution in [0.4, 0.5) is 11.5 Å². The van der Waals surface area contributed by atoms with Gasteiger partial charge in [-0.05, 0) is 18.2 Å². The first-order valence-electron chi connectivity index (χ1n) is 5.18. The highest BCUT2D eigenvalue weighted by atomic mass is 35.5. The van der Waals surface area contributed by atoms with Gasteiger partial charge < -0.3 is 5.73 Å². The number of rotatable bonds is 3. The van der Waals surface area contributed by atoms with Crippen LogP contribution in [0.1, 0.15) is 0 Å². The molecule has 0 fully saturated rings. The zero-order chi connectivity index (χ0) is 14.9. The molecular formula is C11H8Cl3N3O2S. The monoisotopic (exact) mass is 351 g/mol. The summed E-state index contributed by atoms with van der Waals surface area (Å²) in [6.45, 7) is 0. The molecule has 0 spiro atoms. The number of nitrogen functional groups attached to an aromatic ring is 1. The maximum Gasteiger partial charge on any atom is 0.262 e. The van der Waals surface area contributed by atoms with Crippen LogP contribution in [0, 0.1) is 0 Å². The van der Waals surface area contributed by atoms with Crippen molar-refractivity contribution in [2.75, 3.05) is 10.5 Å². The molecular weight excluding hydrogens is 345 g/mol. The van der Waals surface area contributed by atoms with Gasteiger partial charge in [-0.15, -0.1) is 0 Å². The predicted molar refractivity (Wildman–Crippen MR) is 80.9 cm³/mol. The Bertz CT molecular complexity index is 766. The fourth-order valence-electron chi connectivity index (χ4n) is 1.40. The van der Waals surface area contributed by atoms with E-state index in [1.807, 2.05) is 0 Å². The molecule has 1 heterocycles. The summed E-state index contributed by atoms with van der Waals surface area (Å²) >= 11 is 17.5. The molecule has 0 atom stereocenters. The summed E-state index contributed by atoms with van der Waals surface area (Å²) in [7, 11) is -3.84. The van der Waals surface area contributed by atoms with Gasteiger partial charge in [0.25, 0.3) is 10.0 Å². The number of pyridine rings is 1. The molecule has 1 aromatic carbocycles. The SMILES string of the molecule is Nc1cc(S(=O)(=O)Nc2cc(Cl)c(Cl)cc2Cl)ccn1. The number of nitrogens with two attached hydrogens (primary N) is 1. The number of sulfonamides is 1. The summed E-state index contributed by atoms with van der Waals surface area (Å²) in [5, 5.41) is 0.542. The molecule has 0 bridgehead atoms. The number of nitrogens with zero attached hydrogens (tertiary/aromatic N) is 1. The number of benzene rings is 1. The van der Waals surface area contributed by atoms with E-state index < -0.39 is 10.0 Å². The fourth-order valence-corrected chi connectivity index (χ4v) is 3.14. The van der Waals surface area contributed by atoms with Crippen molar-refractivity contribution in [3.05, 3.63) is 45.5 Å².